The second-order valence-electron chi connectivity index (χ2n) is 2.93. The van der Waals surface area contributed by atoms with Gasteiger partial charge in [0.1, 0.15) is 6.04 Å². The Hall–Kier alpha value is -1.10. The number of carbonyl (C=O) groups is 2. The lowest BCUT2D eigenvalue weighted by atomic mass is 10.1. The van der Waals surface area contributed by atoms with Gasteiger partial charge in [0.15, 0.2) is 0 Å². The predicted octanol–water partition coefficient (Wildman–Crippen LogP) is -0.334. The zero-order chi connectivity index (χ0) is 9.14. The van der Waals surface area contributed by atoms with Crippen molar-refractivity contribution in [2.45, 2.75) is 31.3 Å². The van der Waals surface area contributed by atoms with Crippen LogP contribution in [0.5, 0.6) is 0 Å². The van der Waals surface area contributed by atoms with Gasteiger partial charge in [-0.25, -0.2) is 0 Å². The van der Waals surface area contributed by atoms with Crippen molar-refractivity contribution in [2.24, 2.45) is 0 Å². The highest BCUT2D eigenvalue weighted by molar-refractivity contribution is 5.74. The maximum Gasteiger partial charge on any atom is 0.320 e. The summed E-state index contributed by atoms with van der Waals surface area (Å²) in [5.74, 6) is -1.79. The first-order valence-electron chi connectivity index (χ1n) is 3.80. The average Bonchev–Trinajstić information content (AvgIpc) is 2.34. The molecule has 3 N–H and O–H groups in total. The summed E-state index contributed by atoms with van der Waals surface area (Å²) < 4.78 is 0. The molecule has 12 heavy (non-hydrogen) atoms. The van der Waals surface area contributed by atoms with Gasteiger partial charge in [0, 0.05) is 6.04 Å². The second-order valence-corrected chi connectivity index (χ2v) is 2.93. The third-order valence-electron chi connectivity index (χ3n) is 1.96. The van der Waals surface area contributed by atoms with Gasteiger partial charge in [-0.1, -0.05) is 0 Å². The summed E-state index contributed by atoms with van der Waals surface area (Å²) >= 11 is 0. The number of nitrogens with one attached hydrogen (secondary N) is 1. The van der Waals surface area contributed by atoms with Gasteiger partial charge < -0.3 is 15.5 Å². The van der Waals surface area contributed by atoms with Gasteiger partial charge in [0.05, 0.1) is 6.42 Å². The minimum absolute atomic E-state index is 0.00375. The smallest absolute Gasteiger partial charge is 0.320 e. The summed E-state index contributed by atoms with van der Waals surface area (Å²) in [6.07, 6.45) is 1.15. The summed E-state index contributed by atoms with van der Waals surface area (Å²) in [6.45, 7) is 0. The van der Waals surface area contributed by atoms with Crippen LogP contribution in [-0.4, -0.2) is 34.2 Å². The molecular formula is C7H11NO4. The van der Waals surface area contributed by atoms with Gasteiger partial charge in [-0.05, 0) is 12.8 Å². The number of hydrogen-bond donors (Lipinski definition) is 3. The molecule has 0 saturated carbocycles. The van der Waals surface area contributed by atoms with Crippen LogP contribution in [0.4, 0.5) is 0 Å². The quantitative estimate of drug-likeness (QED) is 0.543. The van der Waals surface area contributed by atoms with Crippen LogP contribution >= 0.6 is 0 Å². The van der Waals surface area contributed by atoms with Gasteiger partial charge in [0.25, 0.3) is 0 Å². The molecule has 0 amide bonds. The van der Waals surface area contributed by atoms with Crippen LogP contribution in [0.2, 0.25) is 0 Å². The van der Waals surface area contributed by atoms with E-state index in [0.29, 0.717) is 12.8 Å². The molecule has 68 valence electrons. The van der Waals surface area contributed by atoms with Crippen molar-refractivity contribution in [1.29, 1.82) is 0 Å². The third-order valence-corrected chi connectivity index (χ3v) is 1.96. The van der Waals surface area contributed by atoms with Gasteiger partial charge in [-0.2, -0.15) is 0 Å². The van der Waals surface area contributed by atoms with Crippen LogP contribution < -0.4 is 5.32 Å². The molecule has 1 fully saturated rings. The Labute approximate surface area is 69.4 Å². The summed E-state index contributed by atoms with van der Waals surface area (Å²) in [4.78, 5) is 20.7. The number of carboxylic acids is 2. The lowest BCUT2D eigenvalue weighted by molar-refractivity contribution is -0.140. The molecule has 0 spiro atoms. The molecule has 1 saturated heterocycles. The molecule has 0 aromatic carbocycles. The number of hydrogen-bond acceptors (Lipinski definition) is 3. The van der Waals surface area contributed by atoms with E-state index in [1.54, 1.807) is 0 Å². The summed E-state index contributed by atoms with van der Waals surface area (Å²) in [5, 5.41) is 19.7. The monoisotopic (exact) mass is 173 g/mol. The zero-order valence-electron chi connectivity index (χ0n) is 6.49. The number of aliphatic carboxylic acids is 2. The van der Waals surface area contributed by atoms with Gasteiger partial charge >= 0.3 is 11.9 Å². The lowest BCUT2D eigenvalue weighted by Gasteiger charge is -2.07. The van der Waals surface area contributed by atoms with Crippen LogP contribution in [0, 0.1) is 0 Å². The molecule has 2 atom stereocenters. The van der Waals surface area contributed by atoms with E-state index in [9.17, 15) is 9.59 Å². The molecule has 0 radical (unpaired) electrons. The minimum atomic E-state index is -0.900. The van der Waals surface area contributed by atoms with Crippen LogP contribution in [-0.2, 0) is 9.59 Å². The molecule has 1 aliphatic heterocycles. The molecule has 1 rings (SSSR count). The Bertz CT molecular complexity index is 204. The Morgan fingerprint density at radius 2 is 2.00 bits per heavy atom. The van der Waals surface area contributed by atoms with Crippen LogP contribution in [0.3, 0.4) is 0 Å². The highest BCUT2D eigenvalue weighted by atomic mass is 16.4. The molecule has 5 nitrogen and oxygen atoms in total. The van der Waals surface area contributed by atoms with Crippen molar-refractivity contribution < 1.29 is 19.8 Å². The summed E-state index contributed by atoms with van der Waals surface area (Å²) in [7, 11) is 0. The molecule has 0 unspecified atom stereocenters. The highest BCUT2D eigenvalue weighted by Crippen LogP contribution is 2.14. The van der Waals surface area contributed by atoms with E-state index in [1.807, 2.05) is 0 Å². The Balaban J connectivity index is 2.35. The van der Waals surface area contributed by atoms with E-state index in [4.69, 9.17) is 10.2 Å². The van der Waals surface area contributed by atoms with Crippen LogP contribution in [0.25, 0.3) is 0 Å². The van der Waals surface area contributed by atoms with Crippen molar-refractivity contribution in [3.63, 3.8) is 0 Å². The normalized spacial score (nSPS) is 28.7. The topological polar surface area (TPSA) is 86.6 Å². The van der Waals surface area contributed by atoms with E-state index in [2.05, 4.69) is 5.32 Å². The maximum absolute atomic E-state index is 10.4. The first-order valence-corrected chi connectivity index (χ1v) is 3.80. The lowest BCUT2D eigenvalue weighted by Crippen LogP contribution is -2.36. The van der Waals surface area contributed by atoms with E-state index >= 15 is 0 Å². The SMILES string of the molecule is O=C(O)C[C@@H]1CC[C@@H](C(=O)O)N1. The molecule has 1 aliphatic rings. The van der Waals surface area contributed by atoms with Crippen molar-refractivity contribution >= 4 is 11.9 Å². The van der Waals surface area contributed by atoms with Gasteiger partial charge in [-0.3, -0.25) is 9.59 Å². The number of rotatable bonds is 3. The summed E-state index contributed by atoms with van der Waals surface area (Å²) in [5.41, 5.74) is 0. The third kappa shape index (κ3) is 2.20. The molecule has 0 bridgehead atoms. The number of carboxylic acid groups (broad SMARTS) is 2. The fourth-order valence-corrected chi connectivity index (χ4v) is 1.39. The van der Waals surface area contributed by atoms with Crippen molar-refractivity contribution in [1.82, 2.24) is 5.32 Å². The van der Waals surface area contributed by atoms with Crippen molar-refractivity contribution in [3.05, 3.63) is 0 Å². The van der Waals surface area contributed by atoms with E-state index in [0.717, 1.165) is 0 Å². The first-order chi connectivity index (χ1) is 5.59. The molecule has 0 aromatic rings. The fourth-order valence-electron chi connectivity index (χ4n) is 1.39. The van der Waals surface area contributed by atoms with Gasteiger partial charge in [0.2, 0.25) is 0 Å². The van der Waals surface area contributed by atoms with Crippen molar-refractivity contribution in [3.8, 4) is 0 Å². The molecule has 1 heterocycles. The zero-order valence-corrected chi connectivity index (χ0v) is 6.49. The summed E-state index contributed by atoms with van der Waals surface area (Å²) in [6, 6.07) is -0.738. The predicted molar refractivity (Wildman–Crippen MR) is 39.8 cm³/mol. The largest absolute Gasteiger partial charge is 0.481 e. The Morgan fingerprint density at radius 1 is 1.33 bits per heavy atom. The molecular weight excluding hydrogens is 162 g/mol. The van der Waals surface area contributed by atoms with Crippen LogP contribution in [0.15, 0.2) is 0 Å². The first kappa shape index (κ1) is 8.99. The maximum atomic E-state index is 10.4. The Kier molecular flexibility index (Phi) is 2.65. The molecule has 0 aliphatic carbocycles. The van der Waals surface area contributed by atoms with Crippen LogP contribution in [0.1, 0.15) is 19.3 Å². The fraction of sp³-hybridized carbons (Fsp3) is 0.714. The van der Waals surface area contributed by atoms with E-state index in [1.165, 1.54) is 0 Å². The minimum Gasteiger partial charge on any atom is -0.481 e. The van der Waals surface area contributed by atoms with E-state index in [-0.39, 0.29) is 12.5 Å². The van der Waals surface area contributed by atoms with Crippen molar-refractivity contribution in [2.75, 3.05) is 0 Å². The highest BCUT2D eigenvalue weighted by Gasteiger charge is 2.29. The average molecular weight is 173 g/mol. The molecule has 0 aromatic heterocycles. The van der Waals surface area contributed by atoms with E-state index < -0.39 is 18.0 Å². The second kappa shape index (κ2) is 3.53. The van der Waals surface area contributed by atoms with Gasteiger partial charge in [-0.15, -0.1) is 0 Å². The standard InChI is InChI=1S/C7H11NO4/c9-6(10)3-4-1-2-5(8-4)7(11)12/h4-5,8H,1-3H2,(H,9,10)(H,11,12)/t4-,5-/m0/s1. The Morgan fingerprint density at radius 3 is 2.42 bits per heavy atom. The molecule has 5 heteroatoms.